The zero-order valence-electron chi connectivity index (χ0n) is 16.2. The number of halogens is 1. The fourth-order valence-electron chi connectivity index (χ4n) is 3.18. The molecule has 4 aromatic rings. The summed E-state index contributed by atoms with van der Waals surface area (Å²) < 4.78 is 33.8. The highest BCUT2D eigenvalue weighted by molar-refractivity contribution is 7.93. The lowest BCUT2D eigenvalue weighted by Gasteiger charge is -2.22. The Morgan fingerprint density at radius 1 is 1.10 bits per heavy atom. The summed E-state index contributed by atoms with van der Waals surface area (Å²) in [6.45, 7) is 1.96. The van der Waals surface area contributed by atoms with Crippen molar-refractivity contribution in [3.05, 3.63) is 76.4 Å². The monoisotopic (exact) mass is 459 g/mol. The Labute approximate surface area is 183 Å². The maximum absolute atomic E-state index is 13.6. The van der Waals surface area contributed by atoms with Gasteiger partial charge < -0.3 is 4.74 Å². The van der Waals surface area contributed by atoms with E-state index >= 15 is 0 Å². The molecule has 0 aliphatic carbocycles. The number of rotatable bonds is 6. The Morgan fingerprint density at radius 3 is 2.53 bits per heavy atom. The number of methoxy groups -OCH3 is 1. The van der Waals surface area contributed by atoms with Gasteiger partial charge in [-0.15, -0.1) is 11.3 Å². The van der Waals surface area contributed by atoms with Crippen LogP contribution in [-0.2, 0) is 16.6 Å². The van der Waals surface area contributed by atoms with E-state index in [0.29, 0.717) is 21.4 Å². The third kappa shape index (κ3) is 3.86. The average Bonchev–Trinajstić information content (AvgIpc) is 3.26. The molecule has 0 bridgehead atoms. The van der Waals surface area contributed by atoms with Crippen LogP contribution in [0.1, 0.15) is 11.1 Å². The van der Waals surface area contributed by atoms with Crippen molar-refractivity contribution in [2.45, 2.75) is 18.4 Å². The fraction of sp³-hybridized carbons (Fsp3) is 0.143. The van der Waals surface area contributed by atoms with Crippen molar-refractivity contribution in [1.82, 2.24) is 9.97 Å². The molecule has 0 saturated heterocycles. The molecule has 2 aromatic heterocycles. The molecule has 0 aliphatic heterocycles. The Kier molecular flexibility index (Phi) is 5.64. The topological polar surface area (TPSA) is 72.4 Å². The second-order valence-corrected chi connectivity index (χ2v) is 9.74. The molecule has 0 radical (unpaired) electrons. The van der Waals surface area contributed by atoms with Gasteiger partial charge in [0, 0.05) is 23.2 Å². The second kappa shape index (κ2) is 8.22. The molecule has 2 heterocycles. The number of sulfonamides is 1. The summed E-state index contributed by atoms with van der Waals surface area (Å²) in [5.74, 6) is 0.704. The molecule has 4 rings (SSSR count). The van der Waals surface area contributed by atoms with Gasteiger partial charge in [-0.05, 0) is 48.4 Å². The molecular formula is C21H18ClN3O3S2. The summed E-state index contributed by atoms with van der Waals surface area (Å²) in [6.07, 6.45) is 3.15. The minimum atomic E-state index is -3.90. The number of fused-ring (bicyclic) bond motifs is 1. The molecule has 6 nitrogen and oxygen atoms in total. The van der Waals surface area contributed by atoms with Crippen LogP contribution in [0.25, 0.3) is 10.9 Å². The molecule has 0 unspecified atom stereocenters. The SMILES string of the molecule is COc1ccc(CN(c2nccs2)S(=O)(=O)c2cc(C)c3c(Cl)ccnc3c2)cc1. The van der Waals surface area contributed by atoms with Crippen molar-refractivity contribution >= 4 is 49.0 Å². The van der Waals surface area contributed by atoms with E-state index in [-0.39, 0.29) is 11.4 Å². The first kappa shape index (κ1) is 20.6. The number of aryl methyl sites for hydroxylation is 1. The van der Waals surface area contributed by atoms with Crippen LogP contribution in [0.4, 0.5) is 5.13 Å². The van der Waals surface area contributed by atoms with E-state index in [1.165, 1.54) is 15.6 Å². The summed E-state index contributed by atoms with van der Waals surface area (Å²) in [5, 5.41) is 3.42. The van der Waals surface area contributed by atoms with Crippen LogP contribution in [-0.4, -0.2) is 25.5 Å². The summed E-state index contributed by atoms with van der Waals surface area (Å²) in [5.41, 5.74) is 2.09. The maximum Gasteiger partial charge on any atom is 0.266 e. The molecule has 154 valence electrons. The molecule has 9 heteroatoms. The second-order valence-electron chi connectivity index (χ2n) is 6.60. The summed E-state index contributed by atoms with van der Waals surface area (Å²) in [4.78, 5) is 8.69. The molecule has 30 heavy (non-hydrogen) atoms. The van der Waals surface area contributed by atoms with E-state index in [1.807, 2.05) is 19.1 Å². The van der Waals surface area contributed by atoms with Gasteiger partial charge in [0.05, 0.1) is 29.1 Å². The predicted octanol–water partition coefficient (Wildman–Crippen LogP) is 5.06. The van der Waals surface area contributed by atoms with Gasteiger partial charge in [0.25, 0.3) is 10.0 Å². The van der Waals surface area contributed by atoms with Crippen LogP contribution in [0.15, 0.2) is 65.1 Å². The lowest BCUT2D eigenvalue weighted by atomic mass is 10.1. The molecule has 0 N–H and O–H groups in total. The molecule has 0 fully saturated rings. The Balaban J connectivity index is 1.80. The number of anilines is 1. The van der Waals surface area contributed by atoms with E-state index in [4.69, 9.17) is 16.3 Å². The van der Waals surface area contributed by atoms with E-state index in [0.717, 1.165) is 16.5 Å². The zero-order chi connectivity index (χ0) is 21.3. The zero-order valence-corrected chi connectivity index (χ0v) is 18.6. The molecular weight excluding hydrogens is 442 g/mol. The van der Waals surface area contributed by atoms with E-state index < -0.39 is 10.0 Å². The molecule has 0 saturated carbocycles. The number of thiazole rings is 1. The van der Waals surface area contributed by atoms with Gasteiger partial charge in [-0.25, -0.2) is 17.7 Å². The Morgan fingerprint density at radius 2 is 1.87 bits per heavy atom. The molecule has 0 atom stereocenters. The highest BCUT2D eigenvalue weighted by atomic mass is 35.5. The quantitative estimate of drug-likeness (QED) is 0.403. The van der Waals surface area contributed by atoms with Crippen LogP contribution in [0.3, 0.4) is 0 Å². The number of pyridine rings is 1. The summed E-state index contributed by atoms with van der Waals surface area (Å²) >= 11 is 7.55. The van der Waals surface area contributed by atoms with Gasteiger partial charge in [-0.3, -0.25) is 4.98 Å². The van der Waals surface area contributed by atoms with E-state index in [9.17, 15) is 8.42 Å². The van der Waals surface area contributed by atoms with E-state index in [1.54, 1.807) is 55.2 Å². The van der Waals surface area contributed by atoms with Gasteiger partial charge >= 0.3 is 0 Å². The molecule has 2 aromatic carbocycles. The van der Waals surface area contributed by atoms with Gasteiger partial charge in [0.2, 0.25) is 0 Å². The van der Waals surface area contributed by atoms with Crippen molar-refractivity contribution in [3.63, 3.8) is 0 Å². The van der Waals surface area contributed by atoms with Crippen molar-refractivity contribution in [1.29, 1.82) is 0 Å². The average molecular weight is 460 g/mol. The fourth-order valence-corrected chi connectivity index (χ4v) is 5.87. The maximum atomic E-state index is 13.6. The highest BCUT2D eigenvalue weighted by Crippen LogP contribution is 2.32. The standard InChI is InChI=1S/C21H18ClN3O3S2/c1-14-11-17(12-19-20(14)18(22)7-8-23-19)30(26,27)25(21-24-9-10-29-21)13-15-3-5-16(28-2)6-4-15/h3-12H,13H2,1-2H3. The number of ether oxygens (including phenoxy) is 1. The minimum absolute atomic E-state index is 0.139. The first-order chi connectivity index (χ1) is 14.4. The number of aromatic nitrogens is 2. The molecule has 0 aliphatic rings. The van der Waals surface area contributed by atoms with Crippen LogP contribution in [0.5, 0.6) is 5.75 Å². The first-order valence-corrected chi connectivity index (χ1v) is 11.7. The van der Waals surface area contributed by atoms with Crippen molar-refractivity contribution in [3.8, 4) is 5.75 Å². The third-order valence-corrected chi connectivity index (χ3v) is 7.61. The normalized spacial score (nSPS) is 11.6. The predicted molar refractivity (Wildman–Crippen MR) is 120 cm³/mol. The van der Waals surface area contributed by atoms with Gasteiger partial charge in [0.1, 0.15) is 5.75 Å². The third-order valence-electron chi connectivity index (χ3n) is 4.67. The lowest BCUT2D eigenvalue weighted by Crippen LogP contribution is -2.30. The van der Waals surface area contributed by atoms with Crippen molar-refractivity contribution < 1.29 is 13.2 Å². The van der Waals surface area contributed by atoms with Gasteiger partial charge in [0.15, 0.2) is 5.13 Å². The van der Waals surface area contributed by atoms with Crippen LogP contribution in [0.2, 0.25) is 5.02 Å². The number of nitrogens with zero attached hydrogens (tertiary/aromatic N) is 3. The van der Waals surface area contributed by atoms with Crippen molar-refractivity contribution in [2.24, 2.45) is 0 Å². The van der Waals surface area contributed by atoms with Crippen LogP contribution < -0.4 is 9.04 Å². The number of hydrogen-bond donors (Lipinski definition) is 0. The van der Waals surface area contributed by atoms with E-state index in [2.05, 4.69) is 9.97 Å². The lowest BCUT2D eigenvalue weighted by molar-refractivity contribution is 0.414. The Bertz CT molecular complexity index is 1290. The number of benzene rings is 2. The summed E-state index contributed by atoms with van der Waals surface area (Å²) in [7, 11) is -2.31. The largest absolute Gasteiger partial charge is 0.497 e. The molecule has 0 amide bonds. The Hall–Kier alpha value is -2.68. The number of hydrogen-bond acceptors (Lipinski definition) is 6. The van der Waals surface area contributed by atoms with Crippen LogP contribution >= 0.6 is 22.9 Å². The highest BCUT2D eigenvalue weighted by Gasteiger charge is 2.28. The molecule has 0 spiro atoms. The van der Waals surface area contributed by atoms with Gasteiger partial charge in [-0.1, -0.05) is 23.7 Å². The van der Waals surface area contributed by atoms with Crippen molar-refractivity contribution in [2.75, 3.05) is 11.4 Å². The smallest absolute Gasteiger partial charge is 0.266 e. The first-order valence-electron chi connectivity index (χ1n) is 9.00. The van der Waals surface area contributed by atoms with Crippen LogP contribution in [0, 0.1) is 6.92 Å². The van der Waals surface area contributed by atoms with Gasteiger partial charge in [-0.2, -0.15) is 0 Å². The summed E-state index contributed by atoms with van der Waals surface area (Å²) in [6, 6.07) is 12.1. The minimum Gasteiger partial charge on any atom is -0.497 e.